The van der Waals surface area contributed by atoms with E-state index in [-0.39, 0.29) is 63.8 Å². The van der Waals surface area contributed by atoms with Crippen LogP contribution in [-0.4, -0.2) is 86.1 Å². The Morgan fingerprint density at radius 3 is 2.47 bits per heavy atom. The molecule has 10 rings (SSSR count). The van der Waals surface area contributed by atoms with E-state index in [4.69, 9.17) is 14.2 Å². The summed E-state index contributed by atoms with van der Waals surface area (Å²) in [4.78, 5) is 38.3. The van der Waals surface area contributed by atoms with Crippen LogP contribution in [0.25, 0.3) is 11.0 Å². The molecule has 2 aromatic heterocycles. The molecule has 1 amide bonds. The molecule has 0 radical (unpaired) electrons. The standard InChI is InChI=1S/C52H63N7O8S/c1-32(2)37-9-6-7-10-38(37)39-11-8-12-42(39)58-30-52(31-58)20-23-57(24-21-52)35-13-14-40(44(26-35)67-46-25-34-17-22-53-48(34)55-50(46)65-5)49(60)56-68(63,64)36-27-43(59(61)62)47-45(28-36)66-29-41(54-47)33-15-18-51(3,4)19-16-33/h6-7,9-10,13-14,17,22,25-28,32-33,39,41-42,54H,8,11-12,15-16,18-21,23-24,29-31H2,1-5H3,(H,53,55)(H,56,60)/t39-,41?,42?/m0/s1. The number of hydrogen-bond acceptors (Lipinski definition) is 12. The summed E-state index contributed by atoms with van der Waals surface area (Å²) in [5, 5.41) is 16.5. The van der Waals surface area contributed by atoms with Crippen LogP contribution in [0.3, 0.4) is 0 Å². The first kappa shape index (κ1) is 45.9. The SMILES string of the molecule is COc1nc2[nH]ccc2cc1Oc1cc(N2CCC3(CC2)CN(C2CCC[C@H]2c2ccccc2C(C)C)C3)ccc1C(=O)NS(=O)(=O)c1cc2c(c([N+](=O)[O-])c1)NC(C1CCC(C)(C)CC1)CO2. The van der Waals surface area contributed by atoms with Crippen molar-refractivity contribution in [2.24, 2.45) is 16.7 Å². The van der Waals surface area contributed by atoms with Gasteiger partial charge in [0.25, 0.3) is 27.5 Å². The van der Waals surface area contributed by atoms with Gasteiger partial charge in [-0.15, -0.1) is 0 Å². The van der Waals surface area contributed by atoms with Crippen molar-refractivity contribution in [2.45, 2.75) is 114 Å². The third kappa shape index (κ3) is 8.85. The lowest BCUT2D eigenvalue weighted by atomic mass is 9.70. The van der Waals surface area contributed by atoms with Crippen LogP contribution in [0.5, 0.6) is 23.1 Å². The number of sulfonamides is 1. The summed E-state index contributed by atoms with van der Waals surface area (Å²) in [6.45, 7) is 13.1. The number of aromatic amines is 1. The summed E-state index contributed by atoms with van der Waals surface area (Å²) in [5.74, 6) is 0.876. The molecule has 2 saturated heterocycles. The molecule has 16 heteroatoms. The number of pyridine rings is 1. The Morgan fingerprint density at radius 1 is 0.971 bits per heavy atom. The summed E-state index contributed by atoms with van der Waals surface area (Å²) >= 11 is 0. The summed E-state index contributed by atoms with van der Waals surface area (Å²) in [6.07, 6.45) is 11.5. The molecule has 360 valence electrons. The molecular formula is C52H63N7O8S. The molecule has 0 bridgehead atoms. The van der Waals surface area contributed by atoms with Gasteiger partial charge in [0.1, 0.15) is 18.0 Å². The summed E-state index contributed by atoms with van der Waals surface area (Å²) in [7, 11) is -3.20. The summed E-state index contributed by atoms with van der Waals surface area (Å²) < 4.78 is 48.4. The smallest absolute Gasteiger partial charge is 0.297 e. The van der Waals surface area contributed by atoms with Crippen LogP contribution in [-0.2, 0) is 10.0 Å². The van der Waals surface area contributed by atoms with Gasteiger partial charge in [0.15, 0.2) is 17.2 Å². The molecule has 2 aliphatic carbocycles. The quantitative estimate of drug-likeness (QED) is 0.0797. The Labute approximate surface area is 398 Å². The molecule has 3 aliphatic heterocycles. The third-order valence-electron chi connectivity index (χ3n) is 15.8. The van der Waals surface area contributed by atoms with Crippen LogP contribution < -0.4 is 29.1 Å². The number of nitro benzene ring substituents is 1. The molecule has 68 heavy (non-hydrogen) atoms. The maximum Gasteiger partial charge on any atom is 0.297 e. The van der Waals surface area contributed by atoms with E-state index >= 15 is 0 Å². The van der Waals surface area contributed by atoms with Gasteiger partial charge >= 0.3 is 0 Å². The average Bonchev–Trinajstić information content (AvgIpc) is 3.99. The number of nitrogens with one attached hydrogen (secondary N) is 3. The van der Waals surface area contributed by atoms with Crippen LogP contribution >= 0.6 is 0 Å². The number of piperidine rings is 1. The van der Waals surface area contributed by atoms with Crippen molar-refractivity contribution < 1.29 is 32.3 Å². The summed E-state index contributed by atoms with van der Waals surface area (Å²) in [6, 6.07) is 20.3. The molecular weight excluding hydrogens is 883 g/mol. The number of hydrogen-bond donors (Lipinski definition) is 3. The molecule has 15 nitrogen and oxygen atoms in total. The number of benzene rings is 3. The van der Waals surface area contributed by atoms with Crippen molar-refractivity contribution in [3.63, 3.8) is 0 Å². The van der Waals surface area contributed by atoms with Gasteiger partial charge in [-0.05, 0) is 115 Å². The molecule has 5 aliphatic rings. The summed E-state index contributed by atoms with van der Waals surface area (Å²) in [5.41, 5.74) is 4.53. The number of ether oxygens (including phenoxy) is 3. The molecule has 5 aromatic rings. The lowest BCUT2D eigenvalue weighted by molar-refractivity contribution is -0.384. The number of carbonyl (C=O) groups is 1. The van der Waals surface area contributed by atoms with E-state index in [1.165, 1.54) is 43.6 Å². The number of rotatable bonds is 12. The molecule has 3 atom stereocenters. The Morgan fingerprint density at radius 2 is 1.74 bits per heavy atom. The largest absolute Gasteiger partial charge is 0.489 e. The van der Waals surface area contributed by atoms with Gasteiger partial charge in [0.2, 0.25) is 0 Å². The number of carbonyl (C=O) groups excluding carboxylic acids is 1. The number of fused-ring (bicyclic) bond motifs is 2. The molecule has 5 heterocycles. The van der Waals surface area contributed by atoms with Gasteiger partial charge in [0, 0.05) is 67.7 Å². The zero-order chi connectivity index (χ0) is 47.5. The highest BCUT2D eigenvalue weighted by Gasteiger charge is 2.49. The van der Waals surface area contributed by atoms with Crippen LogP contribution in [0.15, 0.2) is 77.8 Å². The number of nitro groups is 1. The fourth-order valence-electron chi connectivity index (χ4n) is 11.8. The molecule has 2 saturated carbocycles. The van der Waals surface area contributed by atoms with Gasteiger partial charge in [0.05, 0.1) is 28.5 Å². The minimum atomic E-state index is -4.67. The average molecular weight is 946 g/mol. The van der Waals surface area contributed by atoms with E-state index in [2.05, 4.69) is 81.8 Å². The highest BCUT2D eigenvalue weighted by atomic mass is 32.2. The molecule has 1 spiro atoms. The lowest BCUT2D eigenvalue weighted by Gasteiger charge is -2.57. The van der Waals surface area contributed by atoms with E-state index in [0.717, 1.165) is 81.8 Å². The first-order valence-electron chi connectivity index (χ1n) is 24.3. The predicted octanol–water partition coefficient (Wildman–Crippen LogP) is 10.1. The second kappa shape index (κ2) is 17.9. The van der Waals surface area contributed by atoms with Crippen LogP contribution in [0.1, 0.15) is 119 Å². The first-order chi connectivity index (χ1) is 32.6. The minimum absolute atomic E-state index is 0.0422. The molecule has 2 unspecified atom stereocenters. The minimum Gasteiger partial charge on any atom is -0.489 e. The second-order valence-corrected chi connectivity index (χ2v) is 22.7. The monoisotopic (exact) mass is 945 g/mol. The number of H-pyrrole nitrogens is 1. The Hall–Kier alpha value is -5.87. The molecule has 3 N–H and O–H groups in total. The van der Waals surface area contributed by atoms with Gasteiger partial charge in [-0.25, -0.2) is 13.1 Å². The fourth-order valence-corrected chi connectivity index (χ4v) is 12.8. The number of aromatic nitrogens is 2. The van der Waals surface area contributed by atoms with Gasteiger partial charge in [-0.3, -0.25) is 19.8 Å². The second-order valence-electron chi connectivity index (χ2n) is 21.0. The highest BCUT2D eigenvalue weighted by Crippen LogP contribution is 2.50. The lowest BCUT2D eigenvalue weighted by Crippen LogP contribution is -2.63. The molecule has 4 fully saturated rings. The van der Waals surface area contributed by atoms with Crippen molar-refractivity contribution in [3.05, 3.63) is 99.7 Å². The van der Waals surface area contributed by atoms with Crippen LogP contribution in [0, 0.1) is 26.9 Å². The van der Waals surface area contributed by atoms with Crippen molar-refractivity contribution in [1.29, 1.82) is 0 Å². The number of nitrogens with zero attached hydrogens (tertiary/aromatic N) is 4. The highest BCUT2D eigenvalue weighted by molar-refractivity contribution is 7.90. The van der Waals surface area contributed by atoms with Crippen LogP contribution in [0.4, 0.5) is 17.1 Å². The van der Waals surface area contributed by atoms with Crippen molar-refractivity contribution >= 4 is 44.0 Å². The van der Waals surface area contributed by atoms with Gasteiger partial charge < -0.3 is 29.4 Å². The van der Waals surface area contributed by atoms with E-state index in [0.29, 0.717) is 23.5 Å². The van der Waals surface area contributed by atoms with Crippen molar-refractivity contribution in [2.75, 3.05) is 50.1 Å². The topological polar surface area (TPSA) is 181 Å². The number of methoxy groups -OCH3 is 1. The number of likely N-dealkylation sites (tertiary alicyclic amines) is 1. The zero-order valence-electron chi connectivity index (χ0n) is 39.7. The Balaban J connectivity index is 0.875. The van der Waals surface area contributed by atoms with E-state index < -0.39 is 31.4 Å². The van der Waals surface area contributed by atoms with Gasteiger partial charge in [-0.1, -0.05) is 58.4 Å². The first-order valence-corrected chi connectivity index (χ1v) is 25.8. The normalized spacial score (nSPS) is 22.6. The van der Waals surface area contributed by atoms with Crippen molar-refractivity contribution in [1.82, 2.24) is 19.6 Å². The van der Waals surface area contributed by atoms with E-state index in [1.54, 1.807) is 24.4 Å². The Bertz CT molecular complexity index is 2840. The van der Waals surface area contributed by atoms with E-state index in [9.17, 15) is 23.3 Å². The zero-order valence-corrected chi connectivity index (χ0v) is 40.5. The number of anilines is 2. The molecule has 3 aromatic carbocycles. The van der Waals surface area contributed by atoms with Gasteiger partial charge in [-0.2, -0.15) is 4.98 Å². The van der Waals surface area contributed by atoms with Crippen LogP contribution in [0.2, 0.25) is 0 Å². The third-order valence-corrected chi connectivity index (χ3v) is 17.1. The maximum atomic E-state index is 14.2. The maximum absolute atomic E-state index is 14.2. The number of amides is 1. The Kier molecular flexibility index (Phi) is 12.1. The fraction of sp³-hybridized carbons (Fsp3) is 0.500. The predicted molar refractivity (Wildman–Crippen MR) is 262 cm³/mol. The van der Waals surface area contributed by atoms with E-state index in [1.807, 2.05) is 12.1 Å². The van der Waals surface area contributed by atoms with Crippen molar-refractivity contribution in [3.8, 4) is 23.1 Å².